The first-order valence-corrected chi connectivity index (χ1v) is 14.4. The third kappa shape index (κ3) is 6.12. The van der Waals surface area contributed by atoms with Gasteiger partial charge in [-0.15, -0.1) is 0 Å². The van der Waals surface area contributed by atoms with Crippen molar-refractivity contribution in [3.63, 3.8) is 0 Å². The van der Waals surface area contributed by atoms with E-state index in [2.05, 4.69) is 11.6 Å². The Bertz CT molecular complexity index is 1740. The number of aliphatic hydroxyl groups excluding tert-OH is 1. The van der Waals surface area contributed by atoms with Crippen LogP contribution in [0.2, 0.25) is 0 Å². The molecule has 3 aromatic carbocycles. The lowest BCUT2D eigenvalue weighted by Gasteiger charge is -2.23. The number of hydrogen-bond acceptors (Lipinski definition) is 8. The summed E-state index contributed by atoms with van der Waals surface area (Å²) in [5.41, 5.74) is 3.44. The van der Waals surface area contributed by atoms with E-state index < -0.39 is 17.7 Å². The van der Waals surface area contributed by atoms with Gasteiger partial charge < -0.3 is 14.6 Å². The number of nitrogens with zero attached hydrogens (tertiary/aromatic N) is 2. The Labute approximate surface area is 253 Å². The smallest absolute Gasteiger partial charge is 0.301 e. The molecule has 0 spiro atoms. The summed E-state index contributed by atoms with van der Waals surface area (Å²) in [5.74, 6) is -1.07. The van der Waals surface area contributed by atoms with Crippen LogP contribution in [0.1, 0.15) is 50.6 Å². The number of anilines is 1. The predicted molar refractivity (Wildman–Crippen MR) is 166 cm³/mol. The number of ketones is 2. The molecule has 1 N–H and O–H groups in total. The van der Waals surface area contributed by atoms with E-state index in [1.54, 1.807) is 61.5 Å². The van der Waals surface area contributed by atoms with Gasteiger partial charge in [0.2, 0.25) is 0 Å². The summed E-state index contributed by atoms with van der Waals surface area (Å²) in [4.78, 5) is 45.3. The van der Waals surface area contributed by atoms with Crippen LogP contribution in [0.4, 0.5) is 5.13 Å². The highest BCUT2D eigenvalue weighted by Crippen LogP contribution is 2.44. The zero-order chi connectivity index (χ0) is 30.7. The van der Waals surface area contributed by atoms with Gasteiger partial charge in [0, 0.05) is 12.5 Å². The predicted octanol–water partition coefficient (Wildman–Crippen LogP) is 6.73. The largest absolute Gasteiger partial charge is 0.507 e. The number of hydrogen-bond donors (Lipinski definition) is 1. The molecule has 5 rings (SSSR count). The molecular formula is C34H30N2O6S. The van der Waals surface area contributed by atoms with Gasteiger partial charge in [-0.05, 0) is 61.4 Å². The van der Waals surface area contributed by atoms with Gasteiger partial charge in [0.1, 0.15) is 30.5 Å². The summed E-state index contributed by atoms with van der Waals surface area (Å²) in [6.45, 7) is 9.45. The summed E-state index contributed by atoms with van der Waals surface area (Å²) in [6.07, 6.45) is 1.62. The number of ether oxygens (including phenoxy) is 2. The molecule has 0 radical (unpaired) electrons. The van der Waals surface area contributed by atoms with E-state index in [4.69, 9.17) is 9.47 Å². The Kier molecular flexibility index (Phi) is 8.54. The van der Waals surface area contributed by atoms with E-state index in [1.807, 2.05) is 31.2 Å². The van der Waals surface area contributed by atoms with Crippen molar-refractivity contribution in [2.45, 2.75) is 33.4 Å². The normalized spacial score (nSPS) is 15.9. The number of benzene rings is 3. The zero-order valence-electron chi connectivity index (χ0n) is 24.0. The minimum atomic E-state index is -0.990. The van der Waals surface area contributed by atoms with Gasteiger partial charge in [-0.3, -0.25) is 19.3 Å². The van der Waals surface area contributed by atoms with Crippen LogP contribution >= 0.6 is 11.3 Å². The molecule has 1 saturated heterocycles. The summed E-state index contributed by atoms with van der Waals surface area (Å²) in [7, 11) is 0. The van der Waals surface area contributed by atoms with Crippen LogP contribution in [0.5, 0.6) is 11.5 Å². The van der Waals surface area contributed by atoms with E-state index in [9.17, 15) is 19.5 Å². The molecule has 1 fully saturated rings. The maximum Gasteiger partial charge on any atom is 0.301 e. The van der Waals surface area contributed by atoms with Gasteiger partial charge >= 0.3 is 5.91 Å². The lowest BCUT2D eigenvalue weighted by Crippen LogP contribution is -2.29. The lowest BCUT2D eigenvalue weighted by molar-refractivity contribution is -0.132. The number of aliphatic hydroxyl groups is 1. The minimum absolute atomic E-state index is 0.0876. The van der Waals surface area contributed by atoms with Crippen molar-refractivity contribution in [3.8, 4) is 11.5 Å². The average Bonchev–Trinajstić information content (AvgIpc) is 3.51. The Balaban J connectivity index is 1.52. The second-order valence-corrected chi connectivity index (χ2v) is 11.1. The number of thiazole rings is 1. The molecule has 0 aliphatic carbocycles. The molecule has 1 aromatic heterocycles. The Hall–Kier alpha value is -5.02. The van der Waals surface area contributed by atoms with Crippen LogP contribution in [0, 0.1) is 13.8 Å². The highest BCUT2D eigenvalue weighted by atomic mass is 32.1. The second-order valence-electron chi connectivity index (χ2n) is 10.1. The number of carbonyl (C=O) groups excluding carboxylic acids is 3. The number of rotatable bonds is 10. The van der Waals surface area contributed by atoms with Crippen molar-refractivity contribution < 1.29 is 29.0 Å². The fourth-order valence-electron chi connectivity index (χ4n) is 4.89. The van der Waals surface area contributed by atoms with Gasteiger partial charge in [-0.25, -0.2) is 4.98 Å². The number of carbonyl (C=O) groups is 3. The molecule has 2 heterocycles. The number of Topliss-reactive ketones (excluding diaryl/α,β-unsaturated/α-hetero) is 2. The van der Waals surface area contributed by atoms with Crippen molar-refractivity contribution in [2.75, 3.05) is 11.5 Å². The van der Waals surface area contributed by atoms with Crippen LogP contribution in [0.3, 0.4) is 0 Å². The van der Waals surface area contributed by atoms with Gasteiger partial charge in [-0.1, -0.05) is 66.0 Å². The number of amides is 1. The molecule has 43 heavy (non-hydrogen) atoms. The molecule has 1 unspecified atom stereocenters. The van der Waals surface area contributed by atoms with E-state index in [1.165, 1.54) is 11.8 Å². The Morgan fingerprint density at radius 1 is 1.02 bits per heavy atom. The van der Waals surface area contributed by atoms with Gasteiger partial charge in [0.15, 0.2) is 10.9 Å². The van der Waals surface area contributed by atoms with Crippen LogP contribution in [-0.4, -0.2) is 34.2 Å². The van der Waals surface area contributed by atoms with Crippen molar-refractivity contribution in [3.05, 3.63) is 124 Å². The molecule has 9 heteroatoms. The highest BCUT2D eigenvalue weighted by Gasteiger charge is 2.48. The third-order valence-electron chi connectivity index (χ3n) is 6.94. The topological polar surface area (TPSA) is 106 Å². The summed E-state index contributed by atoms with van der Waals surface area (Å²) < 4.78 is 11.5. The molecule has 4 aromatic rings. The van der Waals surface area contributed by atoms with Crippen molar-refractivity contribution in [1.29, 1.82) is 0 Å². The quantitative estimate of drug-likeness (QED) is 0.0713. The first kappa shape index (κ1) is 29.5. The van der Waals surface area contributed by atoms with Crippen molar-refractivity contribution in [2.24, 2.45) is 0 Å². The molecular weight excluding hydrogens is 564 g/mol. The van der Waals surface area contributed by atoms with Gasteiger partial charge in [-0.2, -0.15) is 0 Å². The van der Waals surface area contributed by atoms with E-state index in [-0.39, 0.29) is 22.2 Å². The molecule has 218 valence electrons. The molecule has 1 aliphatic heterocycles. The molecule has 1 aliphatic rings. The van der Waals surface area contributed by atoms with Crippen molar-refractivity contribution in [1.82, 2.24) is 4.98 Å². The lowest BCUT2D eigenvalue weighted by atomic mass is 9.95. The standard InChI is InChI=1S/C34H30N2O6S/c1-5-17-41-26-13-9-24(10-14-26)29-28(31(39)33(40)36(29)34-35-21(3)32(43-34)22(4)37)30(38)25-11-15-27(16-12-25)42-19-23-8-6-7-20(2)18-23/h5-16,18,29,38H,1,17,19H2,2-4H3/b30-28+. The van der Waals surface area contributed by atoms with Gasteiger partial charge in [0.05, 0.1) is 22.2 Å². The molecule has 0 saturated carbocycles. The van der Waals surface area contributed by atoms with E-state index in [0.29, 0.717) is 46.4 Å². The maximum atomic E-state index is 13.5. The fourth-order valence-corrected chi connectivity index (χ4v) is 5.88. The number of aryl methyl sites for hydroxylation is 2. The molecule has 8 nitrogen and oxygen atoms in total. The summed E-state index contributed by atoms with van der Waals surface area (Å²) in [5, 5.41) is 11.7. The van der Waals surface area contributed by atoms with Crippen LogP contribution in [0.25, 0.3) is 5.76 Å². The summed E-state index contributed by atoms with van der Waals surface area (Å²) >= 11 is 1.03. The maximum absolute atomic E-state index is 13.5. The van der Waals surface area contributed by atoms with Crippen LogP contribution in [0.15, 0.2) is 91.0 Å². The second kappa shape index (κ2) is 12.5. The SMILES string of the molecule is C=CCOc1ccc(C2/C(=C(\O)c3ccc(OCc4cccc(C)c4)cc3)C(=O)C(=O)N2c2nc(C)c(C(C)=O)s2)cc1. The average molecular weight is 595 g/mol. The zero-order valence-corrected chi connectivity index (χ0v) is 24.8. The fraction of sp³-hybridized carbons (Fsp3) is 0.176. The first-order chi connectivity index (χ1) is 20.7. The molecule has 1 atom stereocenters. The Morgan fingerprint density at radius 2 is 1.70 bits per heavy atom. The van der Waals surface area contributed by atoms with Gasteiger partial charge in [0.25, 0.3) is 5.78 Å². The summed E-state index contributed by atoms with van der Waals surface area (Å²) in [6, 6.07) is 20.6. The van der Waals surface area contributed by atoms with Crippen molar-refractivity contribution >= 4 is 39.7 Å². The first-order valence-electron chi connectivity index (χ1n) is 13.6. The highest BCUT2D eigenvalue weighted by molar-refractivity contribution is 7.18. The number of aromatic nitrogens is 1. The third-order valence-corrected chi connectivity index (χ3v) is 8.19. The van der Waals surface area contributed by atoms with E-state index >= 15 is 0 Å². The van der Waals surface area contributed by atoms with Crippen LogP contribution in [-0.2, 0) is 16.2 Å². The van der Waals surface area contributed by atoms with Crippen LogP contribution < -0.4 is 14.4 Å². The molecule has 1 amide bonds. The molecule has 0 bridgehead atoms. The Morgan fingerprint density at radius 3 is 2.33 bits per heavy atom. The van der Waals surface area contributed by atoms with E-state index in [0.717, 1.165) is 22.5 Å². The monoisotopic (exact) mass is 594 g/mol. The minimum Gasteiger partial charge on any atom is -0.507 e.